The highest BCUT2D eigenvalue weighted by atomic mass is 32.2. The van der Waals surface area contributed by atoms with Gasteiger partial charge in [0.15, 0.2) is 0 Å². The van der Waals surface area contributed by atoms with Gasteiger partial charge in [-0.3, -0.25) is 4.79 Å². The smallest absolute Gasteiger partial charge is 0.341 e. The molecule has 0 spiro atoms. The number of benzene rings is 1. The zero-order valence-corrected chi connectivity index (χ0v) is 14.1. The van der Waals surface area contributed by atoms with Gasteiger partial charge in [0, 0.05) is 19.0 Å². The average Bonchev–Trinajstić information content (AvgIpc) is 3.01. The molecule has 1 aromatic carbocycles. The second kappa shape index (κ2) is 7.89. The minimum absolute atomic E-state index is 0.0839. The summed E-state index contributed by atoms with van der Waals surface area (Å²) in [5.74, 6) is -3.80. The van der Waals surface area contributed by atoms with Crippen molar-refractivity contribution in [2.24, 2.45) is 0 Å². The first-order chi connectivity index (χ1) is 11.3. The maximum Gasteiger partial charge on any atom is 0.341 e. The molecule has 0 saturated carbocycles. The van der Waals surface area contributed by atoms with Crippen LogP contribution < -0.4 is 16.0 Å². The van der Waals surface area contributed by atoms with Gasteiger partial charge in [0.2, 0.25) is 15.7 Å². The SMILES string of the molecule is CCNc1ccc(S(=O)(=O)C(F)F)cc1NC(=O)CC1CCCN1. The molecule has 1 amide bonds. The Balaban J connectivity index is 2.22. The Morgan fingerprint density at radius 1 is 1.38 bits per heavy atom. The lowest BCUT2D eigenvalue weighted by atomic mass is 10.1. The third kappa shape index (κ3) is 4.41. The predicted octanol–water partition coefficient (Wildman–Crippen LogP) is 2.20. The molecule has 1 fully saturated rings. The molecule has 1 aromatic rings. The second-order valence-corrected chi connectivity index (χ2v) is 7.51. The van der Waals surface area contributed by atoms with Crippen LogP contribution in [0.4, 0.5) is 20.2 Å². The zero-order chi connectivity index (χ0) is 17.7. The molecule has 24 heavy (non-hydrogen) atoms. The number of hydrogen-bond donors (Lipinski definition) is 3. The average molecular weight is 361 g/mol. The Morgan fingerprint density at radius 3 is 2.71 bits per heavy atom. The maximum atomic E-state index is 12.7. The van der Waals surface area contributed by atoms with Gasteiger partial charge in [-0.05, 0) is 44.5 Å². The van der Waals surface area contributed by atoms with Crippen molar-refractivity contribution < 1.29 is 22.0 Å². The minimum Gasteiger partial charge on any atom is -0.384 e. The maximum absolute atomic E-state index is 12.7. The molecule has 3 N–H and O–H groups in total. The summed E-state index contributed by atoms with van der Waals surface area (Å²) < 4.78 is 48.7. The molecule has 0 bridgehead atoms. The van der Waals surface area contributed by atoms with Crippen LogP contribution in [0, 0.1) is 0 Å². The van der Waals surface area contributed by atoms with Crippen LogP contribution >= 0.6 is 0 Å². The summed E-state index contributed by atoms with van der Waals surface area (Å²) in [5.41, 5.74) is 0.667. The van der Waals surface area contributed by atoms with Crippen LogP contribution in [0.2, 0.25) is 0 Å². The molecule has 0 aromatic heterocycles. The van der Waals surface area contributed by atoms with Crippen molar-refractivity contribution in [3.63, 3.8) is 0 Å². The summed E-state index contributed by atoms with van der Waals surface area (Å²) in [6.45, 7) is 3.23. The number of halogens is 2. The molecule has 9 heteroatoms. The molecular formula is C15H21F2N3O3S. The van der Waals surface area contributed by atoms with Crippen LogP contribution in [-0.4, -0.2) is 39.2 Å². The minimum atomic E-state index is -4.71. The van der Waals surface area contributed by atoms with Gasteiger partial charge in [-0.25, -0.2) is 8.42 Å². The Kier molecular flexibility index (Phi) is 6.11. The van der Waals surface area contributed by atoms with Gasteiger partial charge in [-0.2, -0.15) is 8.78 Å². The van der Waals surface area contributed by atoms with Crippen molar-refractivity contribution in [1.29, 1.82) is 0 Å². The summed E-state index contributed by atoms with van der Waals surface area (Å²) in [4.78, 5) is 11.6. The molecule has 1 atom stereocenters. The van der Waals surface area contributed by atoms with Crippen LogP contribution in [0.5, 0.6) is 0 Å². The van der Waals surface area contributed by atoms with Gasteiger partial charge < -0.3 is 16.0 Å². The number of nitrogens with one attached hydrogen (secondary N) is 3. The lowest BCUT2D eigenvalue weighted by molar-refractivity contribution is -0.116. The zero-order valence-electron chi connectivity index (χ0n) is 13.3. The fourth-order valence-electron chi connectivity index (χ4n) is 2.61. The quantitative estimate of drug-likeness (QED) is 0.693. The summed E-state index contributed by atoms with van der Waals surface area (Å²) >= 11 is 0. The highest BCUT2D eigenvalue weighted by molar-refractivity contribution is 7.91. The molecular weight excluding hydrogens is 340 g/mol. The van der Waals surface area contributed by atoms with E-state index in [0.717, 1.165) is 31.5 Å². The van der Waals surface area contributed by atoms with Crippen LogP contribution in [0.1, 0.15) is 26.2 Å². The highest BCUT2D eigenvalue weighted by Gasteiger charge is 2.27. The Labute approximate surface area is 139 Å². The van der Waals surface area contributed by atoms with E-state index in [1.165, 1.54) is 6.07 Å². The molecule has 6 nitrogen and oxygen atoms in total. The van der Waals surface area contributed by atoms with E-state index in [0.29, 0.717) is 12.2 Å². The van der Waals surface area contributed by atoms with Crippen LogP contribution in [-0.2, 0) is 14.6 Å². The van der Waals surface area contributed by atoms with E-state index in [2.05, 4.69) is 16.0 Å². The van der Waals surface area contributed by atoms with Crippen molar-refractivity contribution in [3.05, 3.63) is 18.2 Å². The first kappa shape index (κ1) is 18.6. The van der Waals surface area contributed by atoms with Gasteiger partial charge in [-0.15, -0.1) is 0 Å². The van der Waals surface area contributed by atoms with Crippen molar-refractivity contribution in [1.82, 2.24) is 5.32 Å². The van der Waals surface area contributed by atoms with Crippen molar-refractivity contribution in [2.45, 2.75) is 42.9 Å². The number of anilines is 2. The van der Waals surface area contributed by atoms with E-state index >= 15 is 0 Å². The van der Waals surface area contributed by atoms with E-state index in [-0.39, 0.29) is 24.1 Å². The molecule has 2 rings (SSSR count). The van der Waals surface area contributed by atoms with Crippen LogP contribution in [0.3, 0.4) is 0 Å². The molecule has 134 valence electrons. The lowest BCUT2D eigenvalue weighted by Crippen LogP contribution is -2.27. The first-order valence-corrected chi connectivity index (χ1v) is 9.32. The predicted molar refractivity (Wildman–Crippen MR) is 88.1 cm³/mol. The van der Waals surface area contributed by atoms with Crippen molar-refractivity contribution in [3.8, 4) is 0 Å². The Morgan fingerprint density at radius 2 is 2.12 bits per heavy atom. The number of alkyl halides is 2. The molecule has 1 heterocycles. The van der Waals surface area contributed by atoms with E-state index < -0.39 is 20.5 Å². The van der Waals surface area contributed by atoms with Gasteiger partial charge in [0.25, 0.3) is 0 Å². The molecule has 0 aliphatic carbocycles. The summed E-state index contributed by atoms with van der Waals surface area (Å²) in [6, 6.07) is 3.63. The topological polar surface area (TPSA) is 87.3 Å². The third-order valence-electron chi connectivity index (χ3n) is 3.79. The Hall–Kier alpha value is -1.74. The molecule has 1 saturated heterocycles. The lowest BCUT2D eigenvalue weighted by Gasteiger charge is -2.15. The summed E-state index contributed by atoms with van der Waals surface area (Å²) in [6.07, 6.45) is 2.15. The Bertz CT molecular complexity index is 689. The summed E-state index contributed by atoms with van der Waals surface area (Å²) in [5, 5.41) is 8.79. The van der Waals surface area contributed by atoms with E-state index in [1.54, 1.807) is 0 Å². The fraction of sp³-hybridized carbons (Fsp3) is 0.533. The van der Waals surface area contributed by atoms with E-state index in [4.69, 9.17) is 0 Å². The first-order valence-electron chi connectivity index (χ1n) is 7.77. The third-order valence-corrected chi connectivity index (χ3v) is 5.17. The van der Waals surface area contributed by atoms with Crippen LogP contribution in [0.25, 0.3) is 0 Å². The van der Waals surface area contributed by atoms with Gasteiger partial charge >= 0.3 is 5.76 Å². The number of carbonyl (C=O) groups is 1. The number of rotatable bonds is 7. The molecule has 1 aliphatic heterocycles. The van der Waals surface area contributed by atoms with Gasteiger partial charge in [-0.1, -0.05) is 0 Å². The van der Waals surface area contributed by atoms with Crippen LogP contribution in [0.15, 0.2) is 23.1 Å². The standard InChI is InChI=1S/C15H21F2N3O3S/c1-2-18-12-6-5-11(24(22,23)15(16)17)9-13(12)20-14(21)8-10-4-3-7-19-10/h5-6,9-10,15,18-19H,2-4,7-8H2,1H3,(H,20,21). The number of hydrogen-bond acceptors (Lipinski definition) is 5. The molecule has 0 radical (unpaired) electrons. The normalized spacial score (nSPS) is 17.9. The van der Waals surface area contributed by atoms with Crippen molar-refractivity contribution >= 4 is 27.1 Å². The number of amides is 1. The monoisotopic (exact) mass is 361 g/mol. The molecule has 1 unspecified atom stereocenters. The summed E-state index contributed by atoms with van der Waals surface area (Å²) in [7, 11) is -4.71. The van der Waals surface area contributed by atoms with E-state index in [9.17, 15) is 22.0 Å². The van der Waals surface area contributed by atoms with E-state index in [1.807, 2.05) is 6.92 Å². The van der Waals surface area contributed by atoms with Gasteiger partial charge in [0.1, 0.15) is 0 Å². The van der Waals surface area contributed by atoms with Crippen molar-refractivity contribution in [2.75, 3.05) is 23.7 Å². The number of sulfone groups is 1. The number of carbonyl (C=O) groups excluding carboxylic acids is 1. The highest BCUT2D eigenvalue weighted by Crippen LogP contribution is 2.28. The second-order valence-electron chi connectivity index (χ2n) is 5.59. The molecule has 1 aliphatic rings. The largest absolute Gasteiger partial charge is 0.384 e. The fourth-order valence-corrected chi connectivity index (χ4v) is 3.35. The van der Waals surface area contributed by atoms with Gasteiger partial charge in [0.05, 0.1) is 16.3 Å².